The van der Waals surface area contributed by atoms with E-state index >= 15 is 0 Å². The summed E-state index contributed by atoms with van der Waals surface area (Å²) >= 11 is 0. The number of aromatic nitrogens is 2. The van der Waals surface area contributed by atoms with Crippen molar-refractivity contribution in [3.8, 4) is 0 Å². The number of carbonyl (C=O) groups is 3. The number of hydrogen-bond donors (Lipinski definition) is 3. The van der Waals surface area contributed by atoms with E-state index < -0.39 is 29.5 Å². The number of benzene rings is 2. The number of fused-ring (bicyclic) bond motifs is 1. The van der Waals surface area contributed by atoms with Gasteiger partial charge >= 0.3 is 12.1 Å². The molecule has 1 unspecified atom stereocenters. The first-order chi connectivity index (χ1) is 21.8. The van der Waals surface area contributed by atoms with Gasteiger partial charge in [-0.15, -0.1) is 0 Å². The highest BCUT2D eigenvalue weighted by Gasteiger charge is 2.35. The number of halogens is 3. The van der Waals surface area contributed by atoms with E-state index in [9.17, 15) is 27.6 Å². The number of ether oxygens (including phenoxy) is 1. The molecule has 0 radical (unpaired) electrons. The number of amides is 2. The molecule has 5 rings (SSSR count). The largest absolute Gasteiger partial charge is 0.464 e. The zero-order valence-corrected chi connectivity index (χ0v) is 25.9. The summed E-state index contributed by atoms with van der Waals surface area (Å²) in [5.41, 5.74) is 1.76. The van der Waals surface area contributed by atoms with E-state index in [0.717, 1.165) is 12.5 Å². The first-order valence-electron chi connectivity index (χ1n) is 14.7. The van der Waals surface area contributed by atoms with E-state index in [2.05, 4.69) is 25.5 Å². The van der Waals surface area contributed by atoms with Crippen molar-refractivity contribution in [1.82, 2.24) is 25.1 Å². The fourth-order valence-electron chi connectivity index (χ4n) is 5.54. The van der Waals surface area contributed by atoms with Gasteiger partial charge in [0.05, 0.1) is 12.7 Å². The second kappa shape index (κ2) is 13.3. The zero-order valence-electron chi connectivity index (χ0n) is 25.9. The van der Waals surface area contributed by atoms with Crippen LogP contribution in [0.25, 0.3) is 11.0 Å². The van der Waals surface area contributed by atoms with Crippen molar-refractivity contribution in [2.24, 2.45) is 0 Å². The monoisotopic (exact) mass is 636 g/mol. The third-order valence-corrected chi connectivity index (χ3v) is 8.17. The number of anilines is 1. The number of likely N-dealkylation sites (tertiary alicyclic amines) is 1. The van der Waals surface area contributed by atoms with E-state index in [1.165, 1.54) is 25.3 Å². The maximum absolute atomic E-state index is 14.1. The molecule has 0 bridgehead atoms. The number of H-pyrrole nitrogens is 1. The summed E-state index contributed by atoms with van der Waals surface area (Å²) in [6.45, 7) is 3.38. The number of aryl methyl sites for hydroxylation is 1. The quantitative estimate of drug-likeness (QED) is 0.222. The molecule has 3 N–H and O–H groups in total. The maximum Gasteiger partial charge on any atom is 0.416 e. The average molecular weight is 637 g/mol. The number of aromatic amines is 1. The molecule has 0 saturated carbocycles. The van der Waals surface area contributed by atoms with Gasteiger partial charge in [0.2, 0.25) is 0 Å². The van der Waals surface area contributed by atoms with Crippen LogP contribution < -0.4 is 10.6 Å². The Hall–Kier alpha value is -4.75. The summed E-state index contributed by atoms with van der Waals surface area (Å²) in [4.78, 5) is 49.2. The Labute approximate surface area is 263 Å². The second-order valence-corrected chi connectivity index (χ2v) is 11.6. The first kappa shape index (κ1) is 32.6. The van der Waals surface area contributed by atoms with Crippen LogP contribution in [0.1, 0.15) is 59.9 Å². The number of pyridine rings is 1. The van der Waals surface area contributed by atoms with Crippen molar-refractivity contribution in [1.29, 1.82) is 0 Å². The lowest BCUT2D eigenvalue weighted by Crippen LogP contribution is -2.31. The summed E-state index contributed by atoms with van der Waals surface area (Å²) in [5, 5.41) is 6.11. The third kappa shape index (κ3) is 7.37. The Bertz CT molecular complexity index is 1790. The van der Waals surface area contributed by atoms with E-state index in [-0.39, 0.29) is 47.2 Å². The van der Waals surface area contributed by atoms with Crippen LogP contribution in [0.3, 0.4) is 0 Å². The Balaban J connectivity index is 1.26. The summed E-state index contributed by atoms with van der Waals surface area (Å²) < 4.78 is 46.9. The number of likely N-dealkylation sites (N-methyl/N-ethyl adjacent to an activating group) is 1. The zero-order chi connectivity index (χ0) is 33.2. The van der Waals surface area contributed by atoms with E-state index in [1.807, 2.05) is 19.0 Å². The first-order valence-corrected chi connectivity index (χ1v) is 14.7. The van der Waals surface area contributed by atoms with Crippen LogP contribution in [0.5, 0.6) is 0 Å². The molecule has 46 heavy (non-hydrogen) atoms. The average Bonchev–Trinajstić information content (AvgIpc) is 3.67. The number of hydrogen-bond acceptors (Lipinski definition) is 7. The summed E-state index contributed by atoms with van der Waals surface area (Å²) in [5.74, 6) is -1.66. The van der Waals surface area contributed by atoms with Gasteiger partial charge in [-0.3, -0.25) is 14.5 Å². The van der Waals surface area contributed by atoms with Crippen LogP contribution in [0, 0.1) is 6.92 Å². The highest BCUT2D eigenvalue weighted by molar-refractivity contribution is 6.05. The van der Waals surface area contributed by atoms with Crippen molar-refractivity contribution in [2.75, 3.05) is 39.6 Å². The lowest BCUT2D eigenvalue weighted by atomic mass is 10.0. The van der Waals surface area contributed by atoms with Crippen molar-refractivity contribution in [3.05, 3.63) is 93.8 Å². The standard InChI is InChI=1S/C33H35F3N6O4/c1-19-5-8-24(14-26(19)31(44)38-16-20-11-23-13-28(32(45)46-4)40-29(23)37-15-20)39-30(43)21-6-7-22(27(12-21)33(34,35)36)17-42-10-9-25(18-42)41(2)3/h5-8,11-15,25H,9-10,16-18H2,1-4H3,(H,37,40)(H,38,44)(H,39,43). The predicted molar refractivity (Wildman–Crippen MR) is 167 cm³/mol. The Morgan fingerprint density at radius 3 is 2.57 bits per heavy atom. The third-order valence-electron chi connectivity index (χ3n) is 8.17. The molecule has 2 aromatic heterocycles. The van der Waals surface area contributed by atoms with Gasteiger partial charge in [0, 0.05) is 60.6 Å². The highest BCUT2D eigenvalue weighted by Crippen LogP contribution is 2.34. The van der Waals surface area contributed by atoms with Crippen molar-refractivity contribution < 1.29 is 32.3 Å². The van der Waals surface area contributed by atoms with Gasteiger partial charge in [0.25, 0.3) is 11.8 Å². The highest BCUT2D eigenvalue weighted by atomic mass is 19.4. The molecule has 1 atom stereocenters. The molecule has 1 aliphatic heterocycles. The molecule has 13 heteroatoms. The maximum atomic E-state index is 14.1. The number of esters is 1. The molecule has 2 aromatic carbocycles. The second-order valence-electron chi connectivity index (χ2n) is 11.6. The normalized spacial score (nSPS) is 15.3. The molecule has 3 heterocycles. The minimum atomic E-state index is -4.63. The molecule has 0 aliphatic carbocycles. The van der Waals surface area contributed by atoms with E-state index in [1.54, 1.807) is 37.4 Å². The van der Waals surface area contributed by atoms with Gasteiger partial charge in [-0.25, -0.2) is 9.78 Å². The smallest absolute Gasteiger partial charge is 0.416 e. The lowest BCUT2D eigenvalue weighted by Gasteiger charge is -2.22. The number of nitrogens with one attached hydrogen (secondary N) is 3. The van der Waals surface area contributed by atoms with E-state index in [0.29, 0.717) is 35.2 Å². The lowest BCUT2D eigenvalue weighted by molar-refractivity contribution is -0.138. The van der Waals surface area contributed by atoms with Gasteiger partial charge in [-0.05, 0) is 80.5 Å². The molecule has 1 aliphatic rings. The predicted octanol–water partition coefficient (Wildman–Crippen LogP) is 4.99. The number of nitrogens with zero attached hydrogens (tertiary/aromatic N) is 3. The van der Waals surface area contributed by atoms with Gasteiger partial charge in [-0.2, -0.15) is 13.2 Å². The Kier molecular flexibility index (Phi) is 9.44. The fourth-order valence-corrected chi connectivity index (χ4v) is 5.54. The molecule has 242 valence electrons. The SMILES string of the molecule is COC(=O)c1cc2cc(CNC(=O)c3cc(NC(=O)c4ccc(CN5CCC(N(C)C)C5)c(C(F)(F)F)c4)ccc3C)cnc2[nH]1. The van der Waals surface area contributed by atoms with Crippen LogP contribution in [-0.2, 0) is 24.0 Å². The molecule has 2 amide bonds. The molecular formula is C33H35F3N6O4. The van der Waals surface area contributed by atoms with Crippen molar-refractivity contribution in [2.45, 2.75) is 38.7 Å². The van der Waals surface area contributed by atoms with Crippen LogP contribution in [0.2, 0.25) is 0 Å². The van der Waals surface area contributed by atoms with Gasteiger partial charge in [0.15, 0.2) is 0 Å². The fraction of sp³-hybridized carbons (Fsp3) is 0.333. The minimum absolute atomic E-state index is 0.118. The summed E-state index contributed by atoms with van der Waals surface area (Å²) in [6, 6.07) is 12.0. The number of carbonyl (C=O) groups excluding carboxylic acids is 3. The summed E-state index contributed by atoms with van der Waals surface area (Å²) in [6.07, 6.45) is -2.19. The van der Waals surface area contributed by atoms with Crippen LogP contribution in [0.4, 0.5) is 18.9 Å². The number of rotatable bonds is 9. The van der Waals surface area contributed by atoms with Crippen molar-refractivity contribution in [3.63, 3.8) is 0 Å². The van der Waals surface area contributed by atoms with Gasteiger partial charge in [0.1, 0.15) is 11.3 Å². The van der Waals surface area contributed by atoms with Gasteiger partial charge < -0.3 is 25.3 Å². The molecule has 1 fully saturated rings. The molecule has 1 saturated heterocycles. The number of methoxy groups -OCH3 is 1. The molecule has 0 spiro atoms. The van der Waals surface area contributed by atoms with Crippen LogP contribution in [-0.4, -0.2) is 77.9 Å². The topological polar surface area (TPSA) is 120 Å². The van der Waals surface area contributed by atoms with E-state index in [4.69, 9.17) is 4.74 Å². The number of alkyl halides is 3. The minimum Gasteiger partial charge on any atom is -0.464 e. The van der Waals surface area contributed by atoms with Crippen LogP contribution in [0.15, 0.2) is 54.7 Å². The molecule has 4 aromatic rings. The van der Waals surface area contributed by atoms with Gasteiger partial charge in [-0.1, -0.05) is 12.1 Å². The molecule has 10 nitrogen and oxygen atoms in total. The van der Waals surface area contributed by atoms with Crippen LogP contribution >= 0.6 is 0 Å². The molecular weight excluding hydrogens is 601 g/mol. The Morgan fingerprint density at radius 1 is 1.09 bits per heavy atom. The Morgan fingerprint density at radius 2 is 1.87 bits per heavy atom. The van der Waals surface area contributed by atoms with Crippen molar-refractivity contribution >= 4 is 34.5 Å². The summed E-state index contributed by atoms with van der Waals surface area (Å²) in [7, 11) is 5.20.